The van der Waals surface area contributed by atoms with Gasteiger partial charge in [-0.15, -0.1) is 0 Å². The van der Waals surface area contributed by atoms with Crippen molar-refractivity contribution in [2.24, 2.45) is 5.16 Å². The topological polar surface area (TPSA) is 51.9 Å². The number of aryl methyl sites for hydroxylation is 1. The summed E-state index contributed by atoms with van der Waals surface area (Å²) < 4.78 is 48.4. The highest BCUT2D eigenvalue weighted by Gasteiger charge is 2.28. The van der Waals surface area contributed by atoms with Crippen molar-refractivity contribution in [3.8, 4) is 11.4 Å². The van der Waals surface area contributed by atoms with Crippen LogP contribution in [0.1, 0.15) is 42.2 Å². The molecule has 3 heterocycles. The van der Waals surface area contributed by atoms with Crippen LogP contribution < -0.4 is 4.74 Å². The average Bonchev–Trinajstić information content (AvgIpc) is 3.16. The normalized spacial score (nSPS) is 19.1. The minimum Gasteiger partial charge on any atom is -0.495 e. The van der Waals surface area contributed by atoms with Crippen LogP contribution in [0.5, 0.6) is 5.75 Å². The van der Waals surface area contributed by atoms with Gasteiger partial charge in [0.05, 0.1) is 24.8 Å². The minimum absolute atomic E-state index is 0.228. The van der Waals surface area contributed by atoms with E-state index in [0.29, 0.717) is 24.6 Å². The summed E-state index contributed by atoms with van der Waals surface area (Å²) >= 11 is 0. The van der Waals surface area contributed by atoms with Gasteiger partial charge in [-0.2, -0.15) is 0 Å². The molecule has 2 aromatic carbocycles. The Balaban J connectivity index is 1.43. The summed E-state index contributed by atoms with van der Waals surface area (Å²) in [5.74, 6) is -2.54. The first kappa shape index (κ1) is 23.0. The Morgan fingerprint density at radius 2 is 1.91 bits per heavy atom. The first-order valence-electron chi connectivity index (χ1n) is 11.5. The number of fused-ring (bicyclic) bond motifs is 1. The summed E-state index contributed by atoms with van der Waals surface area (Å²) in [6, 6.07) is 7.89. The number of hydrogen-bond acceptors (Lipinski definition) is 5. The van der Waals surface area contributed by atoms with Crippen molar-refractivity contribution in [3.63, 3.8) is 0 Å². The molecule has 1 atom stereocenters. The van der Waals surface area contributed by atoms with Crippen LogP contribution in [0.15, 0.2) is 53.6 Å². The van der Waals surface area contributed by atoms with Gasteiger partial charge in [-0.1, -0.05) is 11.2 Å². The first-order chi connectivity index (χ1) is 16.9. The monoisotopic (exact) mass is 482 g/mol. The molecule has 0 spiro atoms. The number of halogens is 3. The molecule has 0 radical (unpaired) electrons. The molecule has 35 heavy (non-hydrogen) atoms. The van der Waals surface area contributed by atoms with Gasteiger partial charge in [0.1, 0.15) is 5.75 Å². The van der Waals surface area contributed by atoms with Crippen LogP contribution in [-0.2, 0) is 4.84 Å². The van der Waals surface area contributed by atoms with Crippen LogP contribution in [0.2, 0.25) is 0 Å². The average molecular weight is 483 g/mol. The van der Waals surface area contributed by atoms with Crippen molar-refractivity contribution in [1.82, 2.24) is 14.5 Å². The summed E-state index contributed by atoms with van der Waals surface area (Å²) in [6.07, 6.45) is 7.29. The fourth-order valence-corrected chi connectivity index (χ4v) is 4.53. The SMILES string of the molecule is COc1cc(/C=C2\CCCN3CC[C@@H](c4cc(F)c(F)c(F)c4)ON=C23)ccc1-n1cnc(C)c1. The summed E-state index contributed by atoms with van der Waals surface area (Å²) in [5.41, 5.74) is 3.98. The molecule has 2 aliphatic rings. The number of rotatable bonds is 4. The highest BCUT2D eigenvalue weighted by molar-refractivity contribution is 6.02. The zero-order valence-corrected chi connectivity index (χ0v) is 19.5. The van der Waals surface area contributed by atoms with E-state index in [1.54, 1.807) is 13.4 Å². The Hall–Kier alpha value is -3.75. The molecule has 0 bridgehead atoms. The number of nitrogens with zero attached hydrogens (tertiary/aromatic N) is 4. The second kappa shape index (κ2) is 9.48. The van der Waals surface area contributed by atoms with Gasteiger partial charge in [-0.3, -0.25) is 0 Å². The molecule has 3 aromatic rings. The van der Waals surface area contributed by atoms with Crippen molar-refractivity contribution in [2.75, 3.05) is 20.2 Å². The summed E-state index contributed by atoms with van der Waals surface area (Å²) in [5, 5.41) is 4.36. The van der Waals surface area contributed by atoms with E-state index < -0.39 is 23.6 Å². The fraction of sp³-hybridized carbons (Fsp3) is 0.308. The van der Waals surface area contributed by atoms with E-state index in [2.05, 4.69) is 21.1 Å². The van der Waals surface area contributed by atoms with Crippen molar-refractivity contribution in [3.05, 3.63) is 82.7 Å². The van der Waals surface area contributed by atoms with Crippen LogP contribution in [0, 0.1) is 24.4 Å². The molecular formula is C26H25F3N4O2. The zero-order valence-electron chi connectivity index (χ0n) is 19.5. The lowest BCUT2D eigenvalue weighted by Gasteiger charge is -2.29. The fourth-order valence-electron chi connectivity index (χ4n) is 4.53. The predicted octanol–water partition coefficient (Wildman–Crippen LogP) is 5.56. The zero-order chi connectivity index (χ0) is 24.5. The molecule has 0 aliphatic carbocycles. The maximum absolute atomic E-state index is 13.8. The summed E-state index contributed by atoms with van der Waals surface area (Å²) in [6.45, 7) is 3.34. The van der Waals surface area contributed by atoms with E-state index in [1.165, 1.54) is 0 Å². The number of piperidine rings is 1. The molecular weight excluding hydrogens is 457 g/mol. The van der Waals surface area contributed by atoms with Gasteiger partial charge >= 0.3 is 0 Å². The Morgan fingerprint density at radius 1 is 1.11 bits per heavy atom. The standard InChI is InChI=1S/C26H25F3N4O2/c1-16-14-33(15-30-16)22-6-5-17(11-24(22)34-2)10-18-4-3-8-32-9-7-23(35-31-26(18)32)19-12-20(27)25(29)21(28)13-19/h5-6,10-15,23H,3-4,7-9H2,1-2H3/b18-10+/t23-/m0/s1. The molecule has 1 aromatic heterocycles. The number of benzene rings is 2. The Labute approximate surface area is 201 Å². The van der Waals surface area contributed by atoms with E-state index in [0.717, 1.165) is 54.0 Å². The summed E-state index contributed by atoms with van der Waals surface area (Å²) in [7, 11) is 1.63. The summed E-state index contributed by atoms with van der Waals surface area (Å²) in [4.78, 5) is 12.1. The molecule has 0 N–H and O–H groups in total. The maximum atomic E-state index is 13.8. The van der Waals surface area contributed by atoms with Gasteiger partial charge in [0.15, 0.2) is 29.4 Å². The first-order valence-corrected chi connectivity index (χ1v) is 11.5. The number of ether oxygens (including phenoxy) is 1. The Morgan fingerprint density at radius 3 is 2.63 bits per heavy atom. The van der Waals surface area contributed by atoms with Gasteiger partial charge in [0.2, 0.25) is 0 Å². The third kappa shape index (κ3) is 4.62. The van der Waals surface area contributed by atoms with Crippen molar-refractivity contribution in [2.45, 2.75) is 32.3 Å². The Kier molecular flexibility index (Phi) is 6.23. The van der Waals surface area contributed by atoms with Gasteiger partial charge in [0.25, 0.3) is 0 Å². The molecule has 0 saturated carbocycles. The smallest absolute Gasteiger partial charge is 0.194 e. The molecule has 2 aliphatic heterocycles. The maximum Gasteiger partial charge on any atom is 0.194 e. The molecule has 0 unspecified atom stereocenters. The van der Waals surface area contributed by atoms with Gasteiger partial charge in [0, 0.05) is 31.3 Å². The highest BCUT2D eigenvalue weighted by Crippen LogP contribution is 2.32. The quantitative estimate of drug-likeness (QED) is 0.457. The number of methoxy groups -OCH3 is 1. The highest BCUT2D eigenvalue weighted by atomic mass is 19.2. The van der Waals surface area contributed by atoms with Crippen LogP contribution in [0.4, 0.5) is 13.2 Å². The number of hydrogen-bond donors (Lipinski definition) is 0. The predicted molar refractivity (Wildman–Crippen MR) is 126 cm³/mol. The second-order valence-electron chi connectivity index (χ2n) is 8.71. The van der Waals surface area contributed by atoms with E-state index >= 15 is 0 Å². The molecule has 6 nitrogen and oxygen atoms in total. The number of amidine groups is 1. The van der Waals surface area contributed by atoms with Crippen molar-refractivity contribution >= 4 is 11.9 Å². The third-order valence-corrected chi connectivity index (χ3v) is 6.30. The molecule has 182 valence electrons. The van der Waals surface area contributed by atoms with Crippen LogP contribution in [0.25, 0.3) is 11.8 Å². The Bertz CT molecular complexity index is 1290. The third-order valence-electron chi connectivity index (χ3n) is 6.30. The second-order valence-corrected chi connectivity index (χ2v) is 8.71. The van der Waals surface area contributed by atoms with Crippen LogP contribution in [0.3, 0.4) is 0 Å². The lowest BCUT2D eigenvalue weighted by atomic mass is 9.99. The van der Waals surface area contributed by atoms with Crippen molar-refractivity contribution in [1.29, 1.82) is 0 Å². The minimum atomic E-state index is -1.49. The molecule has 1 fully saturated rings. The van der Waals surface area contributed by atoms with E-state index in [-0.39, 0.29) is 5.56 Å². The molecule has 5 rings (SSSR count). The number of oxime groups is 1. The molecule has 9 heteroatoms. The van der Waals surface area contributed by atoms with E-state index in [4.69, 9.17) is 9.57 Å². The van der Waals surface area contributed by atoms with E-state index in [9.17, 15) is 13.2 Å². The lowest BCUT2D eigenvalue weighted by Crippen LogP contribution is -2.37. The van der Waals surface area contributed by atoms with Gasteiger partial charge in [-0.05, 0) is 61.2 Å². The van der Waals surface area contributed by atoms with Crippen LogP contribution >= 0.6 is 0 Å². The van der Waals surface area contributed by atoms with Gasteiger partial charge in [-0.25, -0.2) is 18.2 Å². The molecule has 0 amide bonds. The van der Waals surface area contributed by atoms with Gasteiger partial charge < -0.3 is 19.0 Å². The lowest BCUT2D eigenvalue weighted by molar-refractivity contribution is 0.0570. The van der Waals surface area contributed by atoms with E-state index in [1.807, 2.05) is 35.9 Å². The molecule has 1 saturated heterocycles. The number of imidazole rings is 1. The number of aromatic nitrogens is 2. The largest absolute Gasteiger partial charge is 0.495 e. The van der Waals surface area contributed by atoms with Crippen LogP contribution in [-0.4, -0.2) is 40.5 Å². The van der Waals surface area contributed by atoms with Crippen molar-refractivity contribution < 1.29 is 22.7 Å².